The summed E-state index contributed by atoms with van der Waals surface area (Å²) in [5.74, 6) is -0.424. The molecule has 0 aliphatic heterocycles. The van der Waals surface area contributed by atoms with Crippen LogP contribution in [0.4, 0.5) is 0 Å². The molecule has 0 amide bonds. The van der Waals surface area contributed by atoms with E-state index in [-0.39, 0.29) is 12.8 Å². The molecule has 0 saturated heterocycles. The minimum Gasteiger partial charge on any atom is -0.458 e. The smallest absolute Gasteiger partial charge is 0.330 e. The highest BCUT2D eigenvalue weighted by Crippen LogP contribution is 1.97. The van der Waals surface area contributed by atoms with E-state index in [1.54, 1.807) is 0 Å². The standard InChI is InChI=1S/C9H17NO3/c1-5-9(11)13-7-8(10(3)4)12-6-2/h5,8H,1,6-7H2,2-4H3. The Hall–Kier alpha value is -0.870. The maximum absolute atomic E-state index is 10.7. The summed E-state index contributed by atoms with van der Waals surface area (Å²) in [5.41, 5.74) is 0. The second kappa shape index (κ2) is 6.62. The fourth-order valence-electron chi connectivity index (χ4n) is 0.751. The second-order valence-corrected chi connectivity index (χ2v) is 2.71. The number of carbonyl (C=O) groups is 1. The molecule has 13 heavy (non-hydrogen) atoms. The van der Waals surface area contributed by atoms with Crippen LogP contribution in [0.2, 0.25) is 0 Å². The quantitative estimate of drug-likeness (QED) is 0.347. The van der Waals surface area contributed by atoms with Crippen LogP contribution in [-0.2, 0) is 14.3 Å². The highest BCUT2D eigenvalue weighted by molar-refractivity contribution is 5.81. The predicted molar refractivity (Wildman–Crippen MR) is 50.3 cm³/mol. The number of rotatable bonds is 6. The Bertz CT molecular complexity index is 168. The summed E-state index contributed by atoms with van der Waals surface area (Å²) in [7, 11) is 3.73. The van der Waals surface area contributed by atoms with Crippen molar-refractivity contribution >= 4 is 5.97 Å². The van der Waals surface area contributed by atoms with Gasteiger partial charge in [0, 0.05) is 12.7 Å². The van der Waals surface area contributed by atoms with Gasteiger partial charge in [-0.3, -0.25) is 4.90 Å². The molecular weight excluding hydrogens is 170 g/mol. The van der Waals surface area contributed by atoms with Gasteiger partial charge in [0.1, 0.15) is 12.8 Å². The summed E-state index contributed by atoms with van der Waals surface area (Å²) < 4.78 is 10.2. The Balaban J connectivity index is 3.81. The third kappa shape index (κ3) is 5.38. The van der Waals surface area contributed by atoms with Crippen molar-refractivity contribution in [1.29, 1.82) is 0 Å². The van der Waals surface area contributed by atoms with Crippen molar-refractivity contribution in [1.82, 2.24) is 4.90 Å². The number of ether oxygens (including phenoxy) is 2. The average molecular weight is 187 g/mol. The fraction of sp³-hybridized carbons (Fsp3) is 0.667. The lowest BCUT2D eigenvalue weighted by atomic mass is 10.5. The van der Waals surface area contributed by atoms with E-state index in [1.165, 1.54) is 0 Å². The zero-order valence-electron chi connectivity index (χ0n) is 8.45. The third-order valence-electron chi connectivity index (χ3n) is 1.47. The molecule has 0 fully saturated rings. The zero-order valence-corrected chi connectivity index (χ0v) is 8.45. The Morgan fingerprint density at radius 1 is 1.62 bits per heavy atom. The number of carbonyl (C=O) groups excluding carboxylic acids is 1. The van der Waals surface area contributed by atoms with Crippen molar-refractivity contribution in [2.45, 2.75) is 13.2 Å². The second-order valence-electron chi connectivity index (χ2n) is 2.71. The molecule has 0 aliphatic rings. The molecule has 0 bridgehead atoms. The van der Waals surface area contributed by atoms with Crippen molar-refractivity contribution in [3.8, 4) is 0 Å². The highest BCUT2D eigenvalue weighted by atomic mass is 16.6. The molecule has 0 aromatic rings. The minimum absolute atomic E-state index is 0.186. The molecule has 1 unspecified atom stereocenters. The highest BCUT2D eigenvalue weighted by Gasteiger charge is 2.12. The molecule has 0 saturated carbocycles. The van der Waals surface area contributed by atoms with E-state index in [9.17, 15) is 4.79 Å². The zero-order chi connectivity index (χ0) is 10.3. The van der Waals surface area contributed by atoms with Gasteiger partial charge in [0.15, 0.2) is 0 Å². The molecule has 0 spiro atoms. The SMILES string of the molecule is C=CC(=O)OCC(OCC)N(C)C. The van der Waals surface area contributed by atoms with E-state index in [0.29, 0.717) is 6.61 Å². The van der Waals surface area contributed by atoms with Crippen LogP contribution in [0, 0.1) is 0 Å². The molecule has 4 heteroatoms. The van der Waals surface area contributed by atoms with Crippen molar-refractivity contribution in [3.63, 3.8) is 0 Å². The van der Waals surface area contributed by atoms with Gasteiger partial charge in [-0.1, -0.05) is 6.58 Å². The summed E-state index contributed by atoms with van der Waals surface area (Å²) in [6.07, 6.45) is 0.951. The molecular formula is C9H17NO3. The van der Waals surface area contributed by atoms with Gasteiger partial charge in [0.2, 0.25) is 0 Å². The molecule has 76 valence electrons. The number of hydrogen-bond acceptors (Lipinski definition) is 4. The summed E-state index contributed by atoms with van der Waals surface area (Å²) in [6.45, 7) is 6.01. The molecule has 0 aromatic heterocycles. The van der Waals surface area contributed by atoms with Gasteiger partial charge in [0.05, 0.1) is 0 Å². The van der Waals surface area contributed by atoms with Crippen LogP contribution in [-0.4, -0.2) is 44.4 Å². The van der Waals surface area contributed by atoms with Gasteiger partial charge in [-0.25, -0.2) is 4.79 Å². The van der Waals surface area contributed by atoms with E-state index >= 15 is 0 Å². The lowest BCUT2D eigenvalue weighted by Crippen LogP contribution is -2.35. The normalized spacial score (nSPS) is 12.6. The summed E-state index contributed by atoms with van der Waals surface area (Å²) in [4.78, 5) is 12.6. The molecule has 4 nitrogen and oxygen atoms in total. The number of nitrogens with zero attached hydrogens (tertiary/aromatic N) is 1. The van der Waals surface area contributed by atoms with Gasteiger partial charge in [0.25, 0.3) is 0 Å². The Labute approximate surface area is 79.1 Å². The van der Waals surface area contributed by atoms with E-state index in [0.717, 1.165) is 6.08 Å². The summed E-state index contributed by atoms with van der Waals surface area (Å²) >= 11 is 0. The van der Waals surface area contributed by atoms with Gasteiger partial charge >= 0.3 is 5.97 Å². The Morgan fingerprint density at radius 3 is 2.62 bits per heavy atom. The van der Waals surface area contributed by atoms with Crippen molar-refractivity contribution < 1.29 is 14.3 Å². The molecule has 0 heterocycles. The number of esters is 1. The molecule has 0 rings (SSSR count). The predicted octanol–water partition coefficient (Wildman–Crippen LogP) is 0.640. The van der Waals surface area contributed by atoms with Gasteiger partial charge in [-0.05, 0) is 21.0 Å². The van der Waals surface area contributed by atoms with E-state index in [1.807, 2.05) is 25.9 Å². The molecule has 0 aliphatic carbocycles. The van der Waals surface area contributed by atoms with Gasteiger partial charge in [-0.2, -0.15) is 0 Å². The number of hydrogen-bond donors (Lipinski definition) is 0. The molecule has 1 atom stereocenters. The van der Waals surface area contributed by atoms with Crippen LogP contribution in [0.5, 0.6) is 0 Å². The van der Waals surface area contributed by atoms with E-state index < -0.39 is 5.97 Å². The minimum atomic E-state index is -0.424. The van der Waals surface area contributed by atoms with Crippen LogP contribution in [0.3, 0.4) is 0 Å². The first-order chi connectivity index (χ1) is 6.11. The maximum atomic E-state index is 10.7. The number of likely N-dealkylation sites (N-methyl/N-ethyl adjacent to an activating group) is 1. The topological polar surface area (TPSA) is 38.8 Å². The lowest BCUT2D eigenvalue weighted by molar-refractivity contribution is -0.147. The lowest BCUT2D eigenvalue weighted by Gasteiger charge is -2.23. The molecule has 0 N–H and O–H groups in total. The largest absolute Gasteiger partial charge is 0.458 e. The average Bonchev–Trinajstić information content (AvgIpc) is 2.11. The van der Waals surface area contributed by atoms with Crippen LogP contribution >= 0.6 is 0 Å². The first kappa shape index (κ1) is 12.1. The Morgan fingerprint density at radius 2 is 2.23 bits per heavy atom. The summed E-state index contributed by atoms with van der Waals surface area (Å²) in [5, 5.41) is 0. The summed E-state index contributed by atoms with van der Waals surface area (Å²) in [6, 6.07) is 0. The van der Waals surface area contributed by atoms with Crippen LogP contribution in [0.25, 0.3) is 0 Å². The Kier molecular flexibility index (Phi) is 6.18. The molecule has 0 aromatic carbocycles. The van der Waals surface area contributed by atoms with Crippen molar-refractivity contribution in [2.24, 2.45) is 0 Å². The van der Waals surface area contributed by atoms with Crippen LogP contribution in [0.1, 0.15) is 6.92 Å². The van der Waals surface area contributed by atoms with Crippen molar-refractivity contribution in [2.75, 3.05) is 27.3 Å². The molecule has 0 radical (unpaired) electrons. The first-order valence-corrected chi connectivity index (χ1v) is 4.19. The monoisotopic (exact) mass is 187 g/mol. The first-order valence-electron chi connectivity index (χ1n) is 4.19. The fourth-order valence-corrected chi connectivity index (χ4v) is 0.751. The van der Waals surface area contributed by atoms with Crippen LogP contribution < -0.4 is 0 Å². The van der Waals surface area contributed by atoms with E-state index in [4.69, 9.17) is 9.47 Å². The van der Waals surface area contributed by atoms with Gasteiger partial charge in [-0.15, -0.1) is 0 Å². The third-order valence-corrected chi connectivity index (χ3v) is 1.47. The van der Waals surface area contributed by atoms with Gasteiger partial charge < -0.3 is 9.47 Å². The van der Waals surface area contributed by atoms with Crippen LogP contribution in [0.15, 0.2) is 12.7 Å². The van der Waals surface area contributed by atoms with Crippen molar-refractivity contribution in [3.05, 3.63) is 12.7 Å². The maximum Gasteiger partial charge on any atom is 0.330 e. The van der Waals surface area contributed by atoms with E-state index in [2.05, 4.69) is 6.58 Å².